The van der Waals surface area contributed by atoms with Gasteiger partial charge in [-0.25, -0.2) is 4.79 Å². The normalized spacial score (nSPS) is 14.4. The number of likely N-dealkylation sites (N-methyl/N-ethyl adjacent to an activating group) is 1. The second-order valence-corrected chi connectivity index (χ2v) is 8.60. The number of carbonyl (C=O) groups is 2. The fourth-order valence-electron chi connectivity index (χ4n) is 4.56. The molecule has 2 heterocycles. The molecular formula is C24H32N4O4. The lowest BCUT2D eigenvalue weighted by molar-refractivity contribution is -0.117. The molecule has 1 saturated carbocycles. The zero-order valence-electron chi connectivity index (χ0n) is 19.6. The highest BCUT2D eigenvalue weighted by atomic mass is 16.5. The Bertz CT molecular complexity index is 1040. The first-order chi connectivity index (χ1) is 15.3. The molecule has 2 aromatic heterocycles. The average Bonchev–Trinajstić information content (AvgIpc) is 3.24. The molecular weight excluding hydrogens is 408 g/mol. The van der Waals surface area contributed by atoms with E-state index in [1.165, 1.54) is 13.5 Å². The molecule has 0 atom stereocenters. The number of rotatable bonds is 7. The summed E-state index contributed by atoms with van der Waals surface area (Å²) in [6, 6.07) is 4.23. The number of hydrogen-bond acceptors (Lipinski definition) is 6. The molecule has 32 heavy (non-hydrogen) atoms. The number of nitrogens with one attached hydrogen (secondary N) is 1. The molecule has 0 aromatic carbocycles. The van der Waals surface area contributed by atoms with E-state index in [1.54, 1.807) is 24.9 Å². The van der Waals surface area contributed by atoms with Crippen molar-refractivity contribution in [2.45, 2.75) is 65.5 Å². The first kappa shape index (κ1) is 23.6. The Labute approximate surface area is 189 Å². The van der Waals surface area contributed by atoms with Gasteiger partial charge in [-0.3, -0.25) is 9.69 Å². The molecule has 0 unspecified atom stereocenters. The van der Waals surface area contributed by atoms with Gasteiger partial charge >= 0.3 is 5.97 Å². The van der Waals surface area contributed by atoms with E-state index < -0.39 is 5.97 Å². The van der Waals surface area contributed by atoms with Crippen LogP contribution < -0.4 is 5.32 Å². The molecule has 1 aliphatic carbocycles. The minimum atomic E-state index is -0.448. The van der Waals surface area contributed by atoms with Gasteiger partial charge in [-0.2, -0.15) is 5.26 Å². The summed E-state index contributed by atoms with van der Waals surface area (Å²) < 4.78 is 12.6. The van der Waals surface area contributed by atoms with E-state index in [0.717, 1.165) is 36.9 Å². The number of methoxy groups -OCH3 is 1. The standard InChI is InChI=1S/C24H32N4O4/c1-15-16(2)28(18-9-7-6-8-10-18)23(21(15)12-25)26-22(29)14-27(4)13-19-11-20(17(3)32-19)24(30)31-5/h11,18H,6-10,13-14H2,1-5H3,(H,26,29). The molecule has 1 N–H and O–H groups in total. The molecule has 1 amide bonds. The summed E-state index contributed by atoms with van der Waals surface area (Å²) in [5, 5.41) is 12.7. The fourth-order valence-corrected chi connectivity index (χ4v) is 4.56. The predicted molar refractivity (Wildman–Crippen MR) is 120 cm³/mol. The van der Waals surface area contributed by atoms with E-state index in [1.807, 2.05) is 13.8 Å². The van der Waals surface area contributed by atoms with Gasteiger partial charge in [0.15, 0.2) is 0 Å². The quantitative estimate of drug-likeness (QED) is 0.646. The van der Waals surface area contributed by atoms with Gasteiger partial charge in [0.1, 0.15) is 29.0 Å². The topological polar surface area (TPSA) is 101 Å². The summed E-state index contributed by atoms with van der Waals surface area (Å²) in [7, 11) is 3.13. The maximum Gasteiger partial charge on any atom is 0.341 e. The highest BCUT2D eigenvalue weighted by Crippen LogP contribution is 2.36. The van der Waals surface area contributed by atoms with E-state index in [-0.39, 0.29) is 12.5 Å². The lowest BCUT2D eigenvalue weighted by Gasteiger charge is -2.27. The number of aromatic nitrogens is 1. The summed E-state index contributed by atoms with van der Waals surface area (Å²) in [5.74, 6) is 1.02. The van der Waals surface area contributed by atoms with Crippen molar-refractivity contribution in [1.29, 1.82) is 5.26 Å². The van der Waals surface area contributed by atoms with Gasteiger partial charge in [-0.05, 0) is 52.3 Å². The second-order valence-electron chi connectivity index (χ2n) is 8.60. The Morgan fingerprint density at radius 1 is 1.28 bits per heavy atom. The Morgan fingerprint density at radius 3 is 2.59 bits per heavy atom. The van der Waals surface area contributed by atoms with Gasteiger partial charge in [-0.15, -0.1) is 0 Å². The van der Waals surface area contributed by atoms with Gasteiger partial charge in [0.2, 0.25) is 5.91 Å². The number of nitriles is 1. The molecule has 0 saturated heterocycles. The summed E-state index contributed by atoms with van der Waals surface area (Å²) in [5.41, 5.74) is 2.88. The largest absolute Gasteiger partial charge is 0.465 e. The van der Waals surface area contributed by atoms with Crippen molar-refractivity contribution in [1.82, 2.24) is 9.47 Å². The zero-order chi connectivity index (χ0) is 23.4. The maximum atomic E-state index is 12.9. The first-order valence-corrected chi connectivity index (χ1v) is 11.0. The third-order valence-electron chi connectivity index (χ3n) is 6.28. The molecule has 2 aromatic rings. The third-order valence-corrected chi connectivity index (χ3v) is 6.28. The molecule has 0 spiro atoms. The number of aryl methyl sites for hydroxylation is 1. The van der Waals surface area contributed by atoms with Crippen LogP contribution in [0.5, 0.6) is 0 Å². The van der Waals surface area contributed by atoms with Crippen LogP contribution in [0.1, 0.15) is 76.8 Å². The van der Waals surface area contributed by atoms with Gasteiger partial charge in [0, 0.05) is 11.7 Å². The highest BCUT2D eigenvalue weighted by Gasteiger charge is 2.26. The molecule has 1 fully saturated rings. The Morgan fingerprint density at radius 2 is 1.97 bits per heavy atom. The Kier molecular flexibility index (Phi) is 7.41. The SMILES string of the molecule is COC(=O)c1cc(CN(C)CC(=O)Nc2c(C#N)c(C)c(C)n2C2CCCCC2)oc1C. The number of amides is 1. The number of furan rings is 1. The number of anilines is 1. The Balaban J connectivity index is 1.72. The molecule has 172 valence electrons. The van der Waals surface area contributed by atoms with Crippen LogP contribution in [0.15, 0.2) is 10.5 Å². The minimum absolute atomic E-state index is 0.117. The van der Waals surface area contributed by atoms with Crippen molar-refractivity contribution in [3.05, 3.63) is 40.0 Å². The van der Waals surface area contributed by atoms with Gasteiger partial charge in [-0.1, -0.05) is 19.3 Å². The molecule has 0 bridgehead atoms. The third kappa shape index (κ3) is 4.89. The number of hydrogen-bond donors (Lipinski definition) is 1. The van der Waals surface area contributed by atoms with E-state index in [0.29, 0.717) is 41.1 Å². The number of ether oxygens (including phenoxy) is 1. The van der Waals surface area contributed by atoms with Crippen molar-refractivity contribution in [2.24, 2.45) is 0 Å². The fraction of sp³-hybridized carbons (Fsp3) is 0.542. The molecule has 8 nitrogen and oxygen atoms in total. The van der Waals surface area contributed by atoms with E-state index in [9.17, 15) is 14.9 Å². The molecule has 3 rings (SSSR count). The maximum absolute atomic E-state index is 12.9. The van der Waals surface area contributed by atoms with Crippen LogP contribution in [0.4, 0.5) is 5.82 Å². The van der Waals surface area contributed by atoms with Crippen LogP contribution in [0.2, 0.25) is 0 Å². The summed E-state index contributed by atoms with van der Waals surface area (Å²) in [6.07, 6.45) is 5.67. The summed E-state index contributed by atoms with van der Waals surface area (Å²) >= 11 is 0. The van der Waals surface area contributed by atoms with Gasteiger partial charge in [0.05, 0.1) is 25.8 Å². The van der Waals surface area contributed by atoms with Crippen molar-refractivity contribution < 1.29 is 18.7 Å². The number of esters is 1. The van der Waals surface area contributed by atoms with Crippen molar-refractivity contribution in [3.63, 3.8) is 0 Å². The lowest BCUT2D eigenvalue weighted by atomic mass is 9.95. The number of carbonyl (C=O) groups excluding carboxylic acids is 2. The highest BCUT2D eigenvalue weighted by molar-refractivity contribution is 5.93. The predicted octanol–water partition coefficient (Wildman–Crippen LogP) is 4.24. The van der Waals surface area contributed by atoms with Crippen molar-refractivity contribution in [2.75, 3.05) is 26.0 Å². The van der Waals surface area contributed by atoms with Crippen LogP contribution in [0, 0.1) is 32.1 Å². The van der Waals surface area contributed by atoms with E-state index >= 15 is 0 Å². The number of nitrogens with zero attached hydrogens (tertiary/aromatic N) is 3. The monoisotopic (exact) mass is 440 g/mol. The van der Waals surface area contributed by atoms with Crippen molar-refractivity contribution >= 4 is 17.7 Å². The average molecular weight is 441 g/mol. The van der Waals surface area contributed by atoms with Crippen LogP contribution in [-0.4, -0.2) is 42.0 Å². The van der Waals surface area contributed by atoms with Crippen molar-refractivity contribution in [3.8, 4) is 6.07 Å². The van der Waals surface area contributed by atoms with Gasteiger partial charge < -0.3 is 19.0 Å². The Hall–Kier alpha value is -3.05. The summed E-state index contributed by atoms with van der Waals surface area (Å²) in [4.78, 5) is 26.5. The minimum Gasteiger partial charge on any atom is -0.465 e. The molecule has 1 aliphatic rings. The molecule has 8 heteroatoms. The first-order valence-electron chi connectivity index (χ1n) is 11.0. The van der Waals surface area contributed by atoms with Crippen LogP contribution in [0.25, 0.3) is 0 Å². The van der Waals surface area contributed by atoms with Crippen LogP contribution in [0.3, 0.4) is 0 Å². The zero-order valence-corrected chi connectivity index (χ0v) is 19.6. The molecule has 0 radical (unpaired) electrons. The van der Waals surface area contributed by atoms with Crippen LogP contribution in [-0.2, 0) is 16.1 Å². The smallest absolute Gasteiger partial charge is 0.341 e. The lowest BCUT2D eigenvalue weighted by Crippen LogP contribution is -2.31. The molecule has 0 aliphatic heterocycles. The summed E-state index contributed by atoms with van der Waals surface area (Å²) in [6.45, 7) is 6.14. The van der Waals surface area contributed by atoms with Gasteiger partial charge in [0.25, 0.3) is 0 Å². The van der Waals surface area contributed by atoms with Crippen LogP contribution >= 0.6 is 0 Å². The van der Waals surface area contributed by atoms with E-state index in [2.05, 4.69) is 16.0 Å². The van der Waals surface area contributed by atoms with E-state index in [4.69, 9.17) is 9.15 Å². The second kappa shape index (κ2) is 10.0.